The number of hydrogen-bond donors (Lipinski definition) is 3. The highest BCUT2D eigenvalue weighted by Crippen LogP contribution is 2.36. The molecule has 0 radical (unpaired) electrons. The zero-order valence-electron chi connectivity index (χ0n) is 22.2. The standard InChI is InChI=1S/C28H33N5O5S/c1-4-37-19-11-9-18(10-12-19)24(27(35)31-15-20-6-5-13-38-20)33(21-14-16(2)7-8-17(21)3)28(36)25-22(29)23(26(30)34)32-39-25/h7-12,14,20,24H,4-6,13,15,29H2,1-3H3,(H2,30,34)(H,31,35)/t20-,24+/m1/s1. The first-order chi connectivity index (χ1) is 18.7. The topological polar surface area (TPSA) is 150 Å². The molecule has 0 bridgehead atoms. The molecule has 0 aliphatic carbocycles. The Bertz CT molecular complexity index is 1350. The number of hydrogen-bond acceptors (Lipinski definition) is 8. The van der Waals surface area contributed by atoms with Crippen LogP contribution in [0.5, 0.6) is 5.75 Å². The molecule has 2 heterocycles. The monoisotopic (exact) mass is 551 g/mol. The summed E-state index contributed by atoms with van der Waals surface area (Å²) >= 11 is 0.774. The lowest BCUT2D eigenvalue weighted by atomic mass is 10.00. The fraction of sp³-hybridized carbons (Fsp3) is 0.357. The van der Waals surface area contributed by atoms with E-state index in [0.717, 1.165) is 35.5 Å². The molecule has 1 fully saturated rings. The van der Waals surface area contributed by atoms with Crippen LogP contribution in [0.25, 0.3) is 0 Å². The molecule has 1 aromatic heterocycles. The van der Waals surface area contributed by atoms with Crippen LogP contribution in [-0.4, -0.2) is 48.0 Å². The second kappa shape index (κ2) is 12.3. The van der Waals surface area contributed by atoms with E-state index >= 15 is 0 Å². The molecule has 3 aromatic rings. The number of ether oxygens (including phenoxy) is 2. The smallest absolute Gasteiger partial charge is 0.273 e. The highest BCUT2D eigenvalue weighted by atomic mass is 32.1. The molecule has 0 saturated carbocycles. The molecular formula is C28H33N5O5S. The number of carbonyl (C=O) groups excluding carboxylic acids is 3. The molecule has 0 unspecified atom stereocenters. The highest BCUT2D eigenvalue weighted by Gasteiger charge is 2.37. The summed E-state index contributed by atoms with van der Waals surface area (Å²) in [7, 11) is 0. The number of nitrogens with zero attached hydrogens (tertiary/aromatic N) is 2. The summed E-state index contributed by atoms with van der Waals surface area (Å²) in [4.78, 5) is 41.5. The number of rotatable bonds is 10. The minimum Gasteiger partial charge on any atom is -0.494 e. The van der Waals surface area contributed by atoms with Gasteiger partial charge in [-0.25, -0.2) is 0 Å². The van der Waals surface area contributed by atoms with Gasteiger partial charge in [-0.3, -0.25) is 19.3 Å². The molecule has 1 aliphatic heterocycles. The van der Waals surface area contributed by atoms with Crippen LogP contribution in [0.3, 0.4) is 0 Å². The van der Waals surface area contributed by atoms with Gasteiger partial charge in [-0.2, -0.15) is 4.37 Å². The Hall–Kier alpha value is -3.96. The van der Waals surface area contributed by atoms with E-state index in [9.17, 15) is 14.4 Å². The van der Waals surface area contributed by atoms with Gasteiger partial charge in [0, 0.05) is 18.8 Å². The number of aromatic nitrogens is 1. The van der Waals surface area contributed by atoms with Gasteiger partial charge in [-0.15, -0.1) is 0 Å². The quantitative estimate of drug-likeness (QED) is 0.349. The third kappa shape index (κ3) is 6.21. The van der Waals surface area contributed by atoms with E-state index in [4.69, 9.17) is 20.9 Å². The Labute approximate surface area is 231 Å². The van der Waals surface area contributed by atoms with E-state index in [1.807, 2.05) is 39.0 Å². The summed E-state index contributed by atoms with van der Waals surface area (Å²) in [5, 5.41) is 2.98. The Morgan fingerprint density at radius 1 is 1.21 bits per heavy atom. The van der Waals surface area contributed by atoms with Crippen molar-refractivity contribution < 1.29 is 23.9 Å². The van der Waals surface area contributed by atoms with E-state index in [-0.39, 0.29) is 28.3 Å². The summed E-state index contributed by atoms with van der Waals surface area (Å²) in [6, 6.07) is 11.6. The second-order valence-electron chi connectivity index (χ2n) is 9.39. The van der Waals surface area contributed by atoms with E-state index in [1.54, 1.807) is 24.3 Å². The van der Waals surface area contributed by atoms with Crippen LogP contribution in [-0.2, 0) is 9.53 Å². The van der Waals surface area contributed by atoms with Gasteiger partial charge in [-0.1, -0.05) is 24.3 Å². The maximum atomic E-state index is 14.2. The maximum absolute atomic E-state index is 14.2. The first-order valence-electron chi connectivity index (χ1n) is 12.8. The predicted octanol–water partition coefficient (Wildman–Crippen LogP) is 3.52. The number of carbonyl (C=O) groups is 3. The number of primary amides is 1. The Balaban J connectivity index is 1.84. The van der Waals surface area contributed by atoms with Gasteiger partial charge < -0.3 is 26.3 Å². The van der Waals surface area contributed by atoms with E-state index < -0.39 is 17.9 Å². The fourth-order valence-corrected chi connectivity index (χ4v) is 5.27. The number of amides is 3. The number of benzene rings is 2. The lowest BCUT2D eigenvalue weighted by molar-refractivity contribution is -0.123. The van der Waals surface area contributed by atoms with Crippen molar-refractivity contribution in [3.05, 3.63) is 69.7 Å². The summed E-state index contributed by atoms with van der Waals surface area (Å²) in [6.07, 6.45) is 1.69. The van der Waals surface area contributed by atoms with Crippen molar-refractivity contribution in [2.75, 3.05) is 30.4 Å². The highest BCUT2D eigenvalue weighted by molar-refractivity contribution is 7.09. The van der Waals surface area contributed by atoms with Crippen LogP contribution in [0.1, 0.15) is 62.7 Å². The molecule has 10 nitrogen and oxygen atoms in total. The lowest BCUT2D eigenvalue weighted by Crippen LogP contribution is -2.46. The first kappa shape index (κ1) is 28.1. The lowest BCUT2D eigenvalue weighted by Gasteiger charge is -2.33. The summed E-state index contributed by atoms with van der Waals surface area (Å²) in [5.41, 5.74) is 14.0. The normalized spacial score (nSPS) is 15.5. The largest absolute Gasteiger partial charge is 0.494 e. The molecule has 3 amide bonds. The second-order valence-corrected chi connectivity index (χ2v) is 10.2. The van der Waals surface area contributed by atoms with Crippen LogP contribution in [0.4, 0.5) is 11.4 Å². The van der Waals surface area contributed by atoms with Gasteiger partial charge in [-0.05, 0) is 80.0 Å². The number of aryl methyl sites for hydroxylation is 2. The third-order valence-corrected chi connectivity index (χ3v) is 7.39. The van der Waals surface area contributed by atoms with Crippen molar-refractivity contribution in [2.45, 2.75) is 45.8 Å². The number of nitrogens with one attached hydrogen (secondary N) is 1. The summed E-state index contributed by atoms with van der Waals surface area (Å²) in [5.74, 6) is -1.15. The first-order valence-corrected chi connectivity index (χ1v) is 13.6. The molecule has 1 aliphatic rings. The molecular weight excluding hydrogens is 518 g/mol. The third-order valence-electron chi connectivity index (χ3n) is 6.54. The van der Waals surface area contributed by atoms with Crippen molar-refractivity contribution in [1.29, 1.82) is 0 Å². The van der Waals surface area contributed by atoms with Gasteiger partial charge >= 0.3 is 0 Å². The molecule has 0 spiro atoms. The predicted molar refractivity (Wildman–Crippen MR) is 150 cm³/mol. The van der Waals surface area contributed by atoms with E-state index in [0.29, 0.717) is 36.8 Å². The molecule has 206 valence electrons. The van der Waals surface area contributed by atoms with Gasteiger partial charge in [0.2, 0.25) is 5.91 Å². The minimum absolute atomic E-state index is 0.0209. The molecule has 2 aromatic carbocycles. The number of anilines is 2. The van der Waals surface area contributed by atoms with Crippen LogP contribution >= 0.6 is 11.5 Å². The molecule has 11 heteroatoms. The number of nitrogen functional groups attached to an aromatic ring is 1. The van der Waals surface area contributed by atoms with Crippen LogP contribution in [0.15, 0.2) is 42.5 Å². The summed E-state index contributed by atoms with van der Waals surface area (Å²) < 4.78 is 15.3. The SMILES string of the molecule is CCOc1ccc([C@@H](C(=O)NC[C@H]2CCCO2)N(C(=O)c2snc(C(N)=O)c2N)c2cc(C)ccc2C)cc1. The Morgan fingerprint density at radius 3 is 2.56 bits per heavy atom. The van der Waals surface area contributed by atoms with Crippen LogP contribution < -0.4 is 26.4 Å². The fourth-order valence-electron chi connectivity index (χ4n) is 4.53. The zero-order chi connectivity index (χ0) is 28.1. The molecule has 2 atom stereocenters. The molecule has 1 saturated heterocycles. The summed E-state index contributed by atoms with van der Waals surface area (Å²) in [6.45, 7) is 7.11. The van der Waals surface area contributed by atoms with Gasteiger partial charge in [0.1, 0.15) is 16.7 Å². The average molecular weight is 552 g/mol. The molecule has 4 rings (SSSR count). The minimum atomic E-state index is -1.08. The van der Waals surface area contributed by atoms with E-state index in [1.165, 1.54) is 4.90 Å². The van der Waals surface area contributed by atoms with Crippen molar-refractivity contribution in [2.24, 2.45) is 5.73 Å². The Morgan fingerprint density at radius 2 is 1.95 bits per heavy atom. The Kier molecular flexibility index (Phi) is 8.82. The van der Waals surface area contributed by atoms with E-state index in [2.05, 4.69) is 9.69 Å². The van der Waals surface area contributed by atoms with Gasteiger partial charge in [0.25, 0.3) is 11.8 Å². The maximum Gasteiger partial charge on any atom is 0.273 e. The van der Waals surface area contributed by atoms with Crippen molar-refractivity contribution in [1.82, 2.24) is 9.69 Å². The molecule has 5 N–H and O–H groups in total. The van der Waals surface area contributed by atoms with Crippen LogP contribution in [0, 0.1) is 13.8 Å². The average Bonchev–Trinajstić information content (AvgIpc) is 3.57. The van der Waals surface area contributed by atoms with Gasteiger partial charge in [0.05, 0.1) is 18.4 Å². The van der Waals surface area contributed by atoms with Crippen molar-refractivity contribution in [3.8, 4) is 5.75 Å². The van der Waals surface area contributed by atoms with Crippen molar-refractivity contribution >= 4 is 40.6 Å². The number of nitrogens with two attached hydrogens (primary N) is 2. The molecule has 39 heavy (non-hydrogen) atoms. The zero-order valence-corrected chi connectivity index (χ0v) is 23.0. The van der Waals surface area contributed by atoms with Gasteiger partial charge in [0.15, 0.2) is 5.69 Å². The van der Waals surface area contributed by atoms with Crippen LogP contribution in [0.2, 0.25) is 0 Å². The van der Waals surface area contributed by atoms with Crippen molar-refractivity contribution in [3.63, 3.8) is 0 Å².